The van der Waals surface area contributed by atoms with E-state index < -0.39 is 10.0 Å². The molecule has 7 nitrogen and oxygen atoms in total. The summed E-state index contributed by atoms with van der Waals surface area (Å²) < 4.78 is 35.2. The Bertz CT molecular complexity index is 833. The third-order valence-corrected chi connectivity index (χ3v) is 6.67. The van der Waals surface area contributed by atoms with Crippen LogP contribution in [-0.4, -0.2) is 46.7 Å². The molecule has 8 heteroatoms. The molecule has 0 N–H and O–H groups in total. The van der Waals surface area contributed by atoms with Crippen molar-refractivity contribution in [2.45, 2.75) is 51.3 Å². The lowest BCUT2D eigenvalue weighted by Crippen LogP contribution is -2.31. The molecule has 1 unspecified atom stereocenters. The molecule has 3 rings (SSSR count). The molecule has 0 aliphatic carbocycles. The van der Waals surface area contributed by atoms with Crippen molar-refractivity contribution in [2.24, 2.45) is 0 Å². The summed E-state index contributed by atoms with van der Waals surface area (Å²) >= 11 is 0. The fourth-order valence-electron chi connectivity index (χ4n) is 3.24. The molecule has 136 valence electrons. The molecular formula is C17H24N4O3S. The van der Waals surface area contributed by atoms with Gasteiger partial charge in [-0.15, -0.1) is 0 Å². The Labute approximate surface area is 148 Å². The van der Waals surface area contributed by atoms with Crippen molar-refractivity contribution in [3.8, 4) is 0 Å². The third kappa shape index (κ3) is 3.61. The molecule has 0 aromatic carbocycles. The van der Waals surface area contributed by atoms with Crippen molar-refractivity contribution in [1.82, 2.24) is 19.1 Å². The molecule has 0 amide bonds. The van der Waals surface area contributed by atoms with Crippen LogP contribution >= 0.6 is 0 Å². The van der Waals surface area contributed by atoms with Gasteiger partial charge in [-0.25, -0.2) is 8.42 Å². The Balaban J connectivity index is 1.69. The standard InChI is InChI=1S/C17H24N4O3S/c1-4-21-14(3)17(13(2)19-21)25(22,23)20-10-7-16(11-20)24-12-15-5-8-18-9-6-15/h5-6,8-9,16H,4,7,10-12H2,1-3H3. The van der Waals surface area contributed by atoms with E-state index in [-0.39, 0.29) is 6.10 Å². The molecular weight excluding hydrogens is 340 g/mol. The zero-order valence-corrected chi connectivity index (χ0v) is 15.7. The molecule has 0 radical (unpaired) electrons. The highest BCUT2D eigenvalue weighted by Crippen LogP contribution is 2.27. The van der Waals surface area contributed by atoms with Gasteiger partial charge < -0.3 is 4.74 Å². The van der Waals surface area contributed by atoms with Gasteiger partial charge in [-0.1, -0.05) is 0 Å². The molecule has 2 aromatic heterocycles. The Hall–Kier alpha value is -1.77. The summed E-state index contributed by atoms with van der Waals surface area (Å²) in [4.78, 5) is 4.31. The predicted molar refractivity (Wildman–Crippen MR) is 93.6 cm³/mol. The minimum atomic E-state index is -3.55. The molecule has 2 aromatic rings. The fourth-order valence-corrected chi connectivity index (χ4v) is 5.10. The molecule has 0 bridgehead atoms. The third-order valence-electron chi connectivity index (χ3n) is 4.56. The highest BCUT2D eigenvalue weighted by atomic mass is 32.2. The zero-order valence-electron chi connectivity index (χ0n) is 14.8. The van der Waals surface area contributed by atoms with Gasteiger partial charge in [0.1, 0.15) is 4.90 Å². The number of sulfonamides is 1. The summed E-state index contributed by atoms with van der Waals surface area (Å²) in [6.45, 7) is 7.48. The molecule has 1 aliphatic heterocycles. The molecule has 1 atom stereocenters. The van der Waals surface area contributed by atoms with E-state index in [1.165, 1.54) is 4.31 Å². The summed E-state index contributed by atoms with van der Waals surface area (Å²) in [5, 5.41) is 4.34. The van der Waals surface area contributed by atoms with E-state index >= 15 is 0 Å². The number of aromatic nitrogens is 3. The van der Waals surface area contributed by atoms with Crippen molar-refractivity contribution in [1.29, 1.82) is 0 Å². The van der Waals surface area contributed by atoms with Crippen LogP contribution in [-0.2, 0) is 27.9 Å². The number of aryl methyl sites for hydroxylation is 2. The molecule has 1 fully saturated rings. The number of hydrogen-bond acceptors (Lipinski definition) is 5. The van der Waals surface area contributed by atoms with Gasteiger partial charge in [-0.2, -0.15) is 9.40 Å². The Morgan fingerprint density at radius 1 is 1.28 bits per heavy atom. The summed E-state index contributed by atoms with van der Waals surface area (Å²) in [5.74, 6) is 0. The van der Waals surface area contributed by atoms with E-state index in [1.54, 1.807) is 24.0 Å². The van der Waals surface area contributed by atoms with Crippen molar-refractivity contribution < 1.29 is 13.2 Å². The summed E-state index contributed by atoms with van der Waals surface area (Å²) in [6, 6.07) is 3.80. The van der Waals surface area contributed by atoms with Crippen LogP contribution in [0.4, 0.5) is 0 Å². The summed E-state index contributed by atoms with van der Waals surface area (Å²) in [7, 11) is -3.55. The molecule has 0 spiro atoms. The molecule has 1 saturated heterocycles. The van der Waals surface area contributed by atoms with E-state index in [0.29, 0.717) is 48.9 Å². The topological polar surface area (TPSA) is 77.3 Å². The van der Waals surface area contributed by atoms with Gasteiger partial charge in [-0.05, 0) is 44.9 Å². The van der Waals surface area contributed by atoms with Gasteiger partial charge in [-0.3, -0.25) is 9.67 Å². The predicted octanol–water partition coefficient (Wildman–Crippen LogP) is 1.89. The minimum absolute atomic E-state index is 0.0928. The van der Waals surface area contributed by atoms with Gasteiger partial charge in [0, 0.05) is 32.0 Å². The number of hydrogen-bond donors (Lipinski definition) is 0. The number of pyridine rings is 1. The minimum Gasteiger partial charge on any atom is -0.372 e. The lowest BCUT2D eigenvalue weighted by atomic mass is 10.3. The first kappa shape index (κ1) is 18.0. The molecule has 3 heterocycles. The van der Waals surface area contributed by atoms with E-state index in [1.807, 2.05) is 26.0 Å². The fraction of sp³-hybridized carbons (Fsp3) is 0.529. The lowest BCUT2D eigenvalue weighted by molar-refractivity contribution is 0.0508. The van der Waals surface area contributed by atoms with Gasteiger partial charge in [0.05, 0.1) is 24.1 Å². The Morgan fingerprint density at radius 2 is 2.00 bits per heavy atom. The second-order valence-corrected chi connectivity index (χ2v) is 8.13. The first-order valence-electron chi connectivity index (χ1n) is 8.48. The second-order valence-electron chi connectivity index (χ2n) is 6.26. The zero-order chi connectivity index (χ0) is 18.0. The Kier molecular flexibility index (Phi) is 5.21. The van der Waals surface area contributed by atoms with Crippen LogP contribution < -0.4 is 0 Å². The van der Waals surface area contributed by atoms with Gasteiger partial charge in [0.25, 0.3) is 0 Å². The number of ether oxygens (including phenoxy) is 1. The van der Waals surface area contributed by atoms with Crippen LogP contribution in [0, 0.1) is 13.8 Å². The van der Waals surface area contributed by atoms with Crippen LogP contribution in [0.1, 0.15) is 30.3 Å². The first-order valence-corrected chi connectivity index (χ1v) is 9.92. The van der Waals surface area contributed by atoms with Crippen molar-refractivity contribution >= 4 is 10.0 Å². The van der Waals surface area contributed by atoms with Gasteiger partial charge in [0.2, 0.25) is 10.0 Å². The highest BCUT2D eigenvalue weighted by molar-refractivity contribution is 7.89. The summed E-state index contributed by atoms with van der Waals surface area (Å²) in [5.41, 5.74) is 2.29. The summed E-state index contributed by atoms with van der Waals surface area (Å²) in [6.07, 6.45) is 4.05. The largest absolute Gasteiger partial charge is 0.372 e. The van der Waals surface area contributed by atoms with Crippen LogP contribution in [0.5, 0.6) is 0 Å². The quantitative estimate of drug-likeness (QED) is 0.782. The maximum atomic E-state index is 13.0. The molecule has 0 saturated carbocycles. The average Bonchev–Trinajstić information content (AvgIpc) is 3.19. The van der Waals surface area contributed by atoms with Gasteiger partial charge in [0.15, 0.2) is 0 Å². The maximum absolute atomic E-state index is 13.0. The van der Waals surface area contributed by atoms with Crippen LogP contribution in [0.3, 0.4) is 0 Å². The van der Waals surface area contributed by atoms with E-state index in [9.17, 15) is 8.42 Å². The second kappa shape index (κ2) is 7.23. The number of rotatable bonds is 6. The van der Waals surface area contributed by atoms with E-state index in [4.69, 9.17) is 4.74 Å². The van der Waals surface area contributed by atoms with Crippen molar-refractivity contribution in [3.05, 3.63) is 41.5 Å². The SMILES string of the molecule is CCn1nc(C)c(S(=O)(=O)N2CCC(OCc3ccncc3)C2)c1C. The monoisotopic (exact) mass is 364 g/mol. The molecule has 25 heavy (non-hydrogen) atoms. The average molecular weight is 364 g/mol. The van der Waals surface area contributed by atoms with Crippen molar-refractivity contribution in [3.63, 3.8) is 0 Å². The highest BCUT2D eigenvalue weighted by Gasteiger charge is 2.36. The number of nitrogens with zero attached hydrogens (tertiary/aromatic N) is 4. The van der Waals surface area contributed by atoms with Gasteiger partial charge >= 0.3 is 0 Å². The molecule has 1 aliphatic rings. The Morgan fingerprint density at radius 3 is 2.64 bits per heavy atom. The normalized spacial score (nSPS) is 18.8. The first-order chi connectivity index (χ1) is 11.9. The van der Waals surface area contributed by atoms with E-state index in [0.717, 1.165) is 5.56 Å². The smallest absolute Gasteiger partial charge is 0.246 e. The lowest BCUT2D eigenvalue weighted by Gasteiger charge is -2.17. The van der Waals surface area contributed by atoms with Crippen LogP contribution in [0.15, 0.2) is 29.4 Å². The van der Waals surface area contributed by atoms with Crippen LogP contribution in [0.2, 0.25) is 0 Å². The van der Waals surface area contributed by atoms with Crippen LogP contribution in [0.25, 0.3) is 0 Å². The maximum Gasteiger partial charge on any atom is 0.246 e. The van der Waals surface area contributed by atoms with Crippen molar-refractivity contribution in [2.75, 3.05) is 13.1 Å². The van der Waals surface area contributed by atoms with E-state index in [2.05, 4.69) is 10.1 Å².